The Morgan fingerprint density at radius 3 is 2.08 bits per heavy atom. The minimum atomic E-state index is -0.0255. The summed E-state index contributed by atoms with van der Waals surface area (Å²) < 4.78 is 2.50. The van der Waals surface area contributed by atoms with Crippen LogP contribution in [0.1, 0.15) is 54.5 Å². The SMILES string of the molecule is Cc1cccc(/C=C/c2ccc3c(c2)C(C)(C)C2=C3CCC(n3c4ccccc4c4ccccc43)=C2)c1. The van der Waals surface area contributed by atoms with Crippen LogP contribution in [0.5, 0.6) is 0 Å². The molecule has 0 unspecified atom stereocenters. The molecule has 180 valence electrons. The van der Waals surface area contributed by atoms with Crippen molar-refractivity contribution >= 4 is 45.2 Å². The maximum atomic E-state index is 2.50. The van der Waals surface area contributed by atoms with Crippen LogP contribution in [0.4, 0.5) is 0 Å². The summed E-state index contributed by atoms with van der Waals surface area (Å²) in [5, 5.41) is 2.66. The van der Waals surface area contributed by atoms with E-state index < -0.39 is 0 Å². The number of aryl methyl sites for hydroxylation is 1. The number of aromatic nitrogens is 1. The van der Waals surface area contributed by atoms with Crippen LogP contribution in [0.25, 0.3) is 45.2 Å². The fourth-order valence-corrected chi connectivity index (χ4v) is 6.52. The molecule has 7 rings (SSSR count). The molecule has 2 aliphatic carbocycles. The van der Waals surface area contributed by atoms with Crippen LogP contribution in [0.15, 0.2) is 103 Å². The van der Waals surface area contributed by atoms with Gasteiger partial charge in [-0.05, 0) is 71.4 Å². The van der Waals surface area contributed by atoms with Crippen molar-refractivity contribution in [3.05, 3.63) is 130 Å². The summed E-state index contributed by atoms with van der Waals surface area (Å²) in [5.41, 5.74) is 13.7. The molecule has 1 nitrogen and oxygen atoms in total. The molecule has 0 spiro atoms. The molecule has 0 bridgehead atoms. The number of hydrogen-bond donors (Lipinski definition) is 0. The first-order valence-corrected chi connectivity index (χ1v) is 13.3. The van der Waals surface area contributed by atoms with Crippen molar-refractivity contribution in [2.24, 2.45) is 0 Å². The highest BCUT2D eigenvalue weighted by atomic mass is 15.0. The third-order valence-corrected chi connectivity index (χ3v) is 8.36. The highest BCUT2D eigenvalue weighted by Crippen LogP contribution is 2.52. The third-order valence-electron chi connectivity index (χ3n) is 8.36. The first-order chi connectivity index (χ1) is 18.0. The molecule has 1 heterocycles. The number of allylic oxidation sites excluding steroid dienone is 4. The average Bonchev–Trinajstić information content (AvgIpc) is 3.36. The van der Waals surface area contributed by atoms with E-state index in [0.29, 0.717) is 0 Å². The lowest BCUT2D eigenvalue weighted by molar-refractivity contribution is 0.651. The largest absolute Gasteiger partial charge is 0.313 e. The van der Waals surface area contributed by atoms with Gasteiger partial charge in [0.2, 0.25) is 0 Å². The van der Waals surface area contributed by atoms with Crippen molar-refractivity contribution in [3.8, 4) is 0 Å². The van der Waals surface area contributed by atoms with Crippen molar-refractivity contribution in [2.45, 2.75) is 39.0 Å². The minimum Gasteiger partial charge on any atom is -0.313 e. The maximum Gasteiger partial charge on any atom is 0.0537 e. The molecule has 0 fully saturated rings. The van der Waals surface area contributed by atoms with Crippen LogP contribution in [0.3, 0.4) is 0 Å². The highest BCUT2D eigenvalue weighted by Gasteiger charge is 2.38. The Morgan fingerprint density at radius 2 is 1.38 bits per heavy atom. The lowest BCUT2D eigenvalue weighted by Crippen LogP contribution is -2.17. The van der Waals surface area contributed by atoms with Gasteiger partial charge in [0.05, 0.1) is 11.0 Å². The van der Waals surface area contributed by atoms with E-state index in [1.807, 2.05) is 0 Å². The van der Waals surface area contributed by atoms with Gasteiger partial charge in [-0.15, -0.1) is 0 Å². The van der Waals surface area contributed by atoms with E-state index in [1.54, 1.807) is 0 Å². The lowest BCUT2D eigenvalue weighted by atomic mass is 9.79. The molecule has 4 aromatic carbocycles. The van der Waals surface area contributed by atoms with E-state index in [2.05, 4.69) is 135 Å². The Morgan fingerprint density at radius 1 is 0.703 bits per heavy atom. The summed E-state index contributed by atoms with van der Waals surface area (Å²) in [5.74, 6) is 0. The molecule has 2 aliphatic rings. The van der Waals surface area contributed by atoms with Crippen LogP contribution in [0.2, 0.25) is 0 Å². The number of fused-ring (bicyclic) bond motifs is 5. The molecule has 0 radical (unpaired) electrons. The summed E-state index contributed by atoms with van der Waals surface area (Å²) in [6.45, 7) is 6.94. The molecule has 5 aromatic rings. The van der Waals surface area contributed by atoms with Gasteiger partial charge in [0.25, 0.3) is 0 Å². The van der Waals surface area contributed by atoms with Gasteiger partial charge < -0.3 is 4.57 Å². The molecule has 1 aromatic heterocycles. The van der Waals surface area contributed by atoms with Crippen molar-refractivity contribution in [3.63, 3.8) is 0 Å². The molecule has 0 aliphatic heterocycles. The minimum absolute atomic E-state index is 0.0255. The van der Waals surface area contributed by atoms with Crippen molar-refractivity contribution in [1.29, 1.82) is 0 Å². The molecule has 0 amide bonds. The maximum absolute atomic E-state index is 2.50. The number of para-hydroxylation sites is 2. The number of rotatable bonds is 3. The van der Waals surface area contributed by atoms with Crippen molar-refractivity contribution in [2.75, 3.05) is 0 Å². The smallest absolute Gasteiger partial charge is 0.0537 e. The second-order valence-electron chi connectivity index (χ2n) is 11.1. The van der Waals surface area contributed by atoms with E-state index in [1.165, 1.54) is 66.5 Å². The summed E-state index contributed by atoms with van der Waals surface area (Å²) >= 11 is 0. The lowest BCUT2D eigenvalue weighted by Gasteiger charge is -2.26. The third kappa shape index (κ3) is 3.45. The standard InChI is InChI=1S/C36H31N/c1-24-9-8-10-25(21-24)15-16-26-17-19-28-29-20-18-27(23-33(29)36(2,3)32(28)22-26)37-34-13-6-4-11-30(34)31-12-5-7-14-35(31)37/h4-17,19,21-23H,18,20H2,1-3H3/b16-15+. The molecule has 0 atom stereocenters. The fraction of sp³-hybridized carbons (Fsp3) is 0.167. The normalized spacial score (nSPS) is 16.5. The zero-order chi connectivity index (χ0) is 25.1. The Balaban J connectivity index is 1.31. The Labute approximate surface area is 219 Å². The van der Waals surface area contributed by atoms with Gasteiger partial charge in [-0.1, -0.05) is 110 Å². The van der Waals surface area contributed by atoms with Gasteiger partial charge in [0, 0.05) is 21.9 Å². The van der Waals surface area contributed by atoms with Crippen LogP contribution < -0.4 is 0 Å². The zero-order valence-electron chi connectivity index (χ0n) is 21.8. The summed E-state index contributed by atoms with van der Waals surface area (Å²) in [6, 6.07) is 33.4. The van der Waals surface area contributed by atoms with Gasteiger partial charge in [-0.2, -0.15) is 0 Å². The zero-order valence-corrected chi connectivity index (χ0v) is 21.8. The van der Waals surface area contributed by atoms with Crippen molar-refractivity contribution < 1.29 is 0 Å². The molecule has 0 N–H and O–H groups in total. The second-order valence-corrected chi connectivity index (χ2v) is 11.1. The van der Waals surface area contributed by atoms with E-state index in [4.69, 9.17) is 0 Å². The number of hydrogen-bond acceptors (Lipinski definition) is 0. The quantitative estimate of drug-likeness (QED) is 0.228. The Bertz CT molecular complexity index is 1750. The molecule has 37 heavy (non-hydrogen) atoms. The highest BCUT2D eigenvalue weighted by molar-refractivity contribution is 6.10. The van der Waals surface area contributed by atoms with E-state index in [9.17, 15) is 0 Å². The van der Waals surface area contributed by atoms with Gasteiger partial charge in [-0.25, -0.2) is 0 Å². The number of benzene rings is 4. The Kier molecular flexibility index (Phi) is 4.91. The van der Waals surface area contributed by atoms with E-state index in [0.717, 1.165) is 12.8 Å². The van der Waals surface area contributed by atoms with Gasteiger partial charge in [-0.3, -0.25) is 0 Å². The first kappa shape index (κ1) is 22.1. The van der Waals surface area contributed by atoms with Gasteiger partial charge in [0.1, 0.15) is 0 Å². The topological polar surface area (TPSA) is 4.93 Å². The number of nitrogens with zero attached hydrogens (tertiary/aromatic N) is 1. The van der Waals surface area contributed by atoms with Gasteiger partial charge in [0.15, 0.2) is 0 Å². The van der Waals surface area contributed by atoms with Gasteiger partial charge >= 0.3 is 0 Å². The summed E-state index contributed by atoms with van der Waals surface area (Å²) in [4.78, 5) is 0. The molecule has 0 saturated heterocycles. The average molecular weight is 478 g/mol. The van der Waals surface area contributed by atoms with Crippen molar-refractivity contribution in [1.82, 2.24) is 4.57 Å². The van der Waals surface area contributed by atoms with Crippen LogP contribution >= 0.6 is 0 Å². The molecular weight excluding hydrogens is 446 g/mol. The van der Waals surface area contributed by atoms with E-state index >= 15 is 0 Å². The fourth-order valence-electron chi connectivity index (χ4n) is 6.52. The Hall–Kier alpha value is -4.10. The monoisotopic (exact) mass is 477 g/mol. The predicted molar refractivity (Wildman–Crippen MR) is 159 cm³/mol. The summed E-state index contributed by atoms with van der Waals surface area (Å²) in [6.07, 6.45) is 9.11. The molecule has 1 heteroatoms. The van der Waals surface area contributed by atoms with E-state index in [-0.39, 0.29) is 5.41 Å². The van der Waals surface area contributed by atoms with Crippen LogP contribution in [-0.2, 0) is 5.41 Å². The van der Waals surface area contributed by atoms with Crippen LogP contribution in [-0.4, -0.2) is 4.57 Å². The second kappa shape index (κ2) is 8.21. The predicted octanol–water partition coefficient (Wildman–Crippen LogP) is 9.65. The molecule has 0 saturated carbocycles. The van der Waals surface area contributed by atoms with Crippen LogP contribution in [0, 0.1) is 6.92 Å². The summed E-state index contributed by atoms with van der Waals surface area (Å²) in [7, 11) is 0. The first-order valence-electron chi connectivity index (χ1n) is 13.3. The molecular formula is C36H31N.